The van der Waals surface area contributed by atoms with E-state index < -0.39 is 0 Å². The van der Waals surface area contributed by atoms with E-state index in [9.17, 15) is 4.39 Å². The Kier molecular flexibility index (Phi) is 4.16. The van der Waals surface area contributed by atoms with Crippen molar-refractivity contribution in [3.05, 3.63) is 72.7 Å². The Morgan fingerprint density at radius 3 is 2.29 bits per heavy atom. The summed E-state index contributed by atoms with van der Waals surface area (Å²) in [5, 5.41) is 1.04. The smallest absolute Gasteiger partial charge is 0.198 e. The van der Waals surface area contributed by atoms with Crippen molar-refractivity contribution in [2.75, 3.05) is 36.0 Å². The van der Waals surface area contributed by atoms with Crippen LogP contribution < -0.4 is 9.80 Å². The van der Waals surface area contributed by atoms with Crippen molar-refractivity contribution in [3.63, 3.8) is 0 Å². The zero-order chi connectivity index (χ0) is 18.9. The lowest BCUT2D eigenvalue weighted by Crippen LogP contribution is -2.47. The predicted molar refractivity (Wildman–Crippen MR) is 108 cm³/mol. The molecule has 6 heteroatoms. The Morgan fingerprint density at radius 1 is 0.786 bits per heavy atom. The average Bonchev–Trinajstić information content (AvgIpc) is 3.29. The van der Waals surface area contributed by atoms with Gasteiger partial charge < -0.3 is 14.2 Å². The largest absolute Gasteiger partial charge is 0.461 e. The number of hydrogen-bond acceptors (Lipinski definition) is 5. The number of fused-ring (bicyclic) bond motifs is 1. The highest BCUT2D eigenvalue weighted by molar-refractivity contribution is 5.91. The first-order valence-electron chi connectivity index (χ1n) is 9.34. The van der Waals surface area contributed by atoms with Crippen LogP contribution >= 0.6 is 0 Å². The van der Waals surface area contributed by atoms with E-state index in [1.54, 1.807) is 6.26 Å². The molecule has 2 aromatic carbocycles. The van der Waals surface area contributed by atoms with Crippen molar-refractivity contribution in [3.8, 4) is 11.6 Å². The molecule has 1 aliphatic heterocycles. The van der Waals surface area contributed by atoms with Crippen LogP contribution in [0.5, 0.6) is 0 Å². The number of hydrogen-bond donors (Lipinski definition) is 0. The summed E-state index contributed by atoms with van der Waals surface area (Å²) in [6.07, 6.45) is 1.63. The molecule has 5 nitrogen and oxygen atoms in total. The minimum Gasteiger partial charge on any atom is -0.461 e. The highest BCUT2D eigenvalue weighted by atomic mass is 19.1. The molecule has 140 valence electrons. The van der Waals surface area contributed by atoms with Gasteiger partial charge in [0.05, 0.1) is 11.8 Å². The first-order chi connectivity index (χ1) is 13.8. The van der Waals surface area contributed by atoms with E-state index in [0.717, 1.165) is 48.6 Å². The summed E-state index contributed by atoms with van der Waals surface area (Å²) in [5.74, 6) is 1.98. The first kappa shape index (κ1) is 16.7. The molecule has 0 bridgehead atoms. The van der Waals surface area contributed by atoms with Crippen molar-refractivity contribution in [2.24, 2.45) is 0 Å². The number of piperazine rings is 1. The van der Waals surface area contributed by atoms with Crippen LogP contribution in [-0.4, -0.2) is 36.1 Å². The van der Waals surface area contributed by atoms with Crippen molar-refractivity contribution < 1.29 is 8.81 Å². The summed E-state index contributed by atoms with van der Waals surface area (Å²) in [7, 11) is 0. The number of halogens is 1. The fourth-order valence-electron chi connectivity index (χ4n) is 3.65. The Labute approximate surface area is 162 Å². The van der Waals surface area contributed by atoms with Crippen LogP contribution in [0, 0.1) is 5.82 Å². The summed E-state index contributed by atoms with van der Waals surface area (Å²) in [4.78, 5) is 14.1. The third kappa shape index (κ3) is 3.07. The van der Waals surface area contributed by atoms with Gasteiger partial charge in [-0.25, -0.2) is 14.4 Å². The molecule has 1 aliphatic rings. The van der Waals surface area contributed by atoms with Crippen LogP contribution in [0.15, 0.2) is 71.3 Å². The number of nitrogens with zero attached hydrogens (tertiary/aromatic N) is 4. The maximum atomic E-state index is 13.2. The number of rotatable bonds is 3. The van der Waals surface area contributed by atoms with Crippen LogP contribution in [0.25, 0.3) is 22.5 Å². The van der Waals surface area contributed by atoms with E-state index in [4.69, 9.17) is 9.40 Å². The van der Waals surface area contributed by atoms with Crippen molar-refractivity contribution in [2.45, 2.75) is 0 Å². The lowest BCUT2D eigenvalue weighted by atomic mass is 10.2. The van der Waals surface area contributed by atoms with Gasteiger partial charge in [-0.3, -0.25) is 0 Å². The normalized spacial score (nSPS) is 14.6. The van der Waals surface area contributed by atoms with Gasteiger partial charge in [0, 0.05) is 37.3 Å². The lowest BCUT2D eigenvalue weighted by molar-refractivity contribution is 0.577. The van der Waals surface area contributed by atoms with E-state index >= 15 is 0 Å². The minimum absolute atomic E-state index is 0.208. The molecule has 0 spiro atoms. The van der Waals surface area contributed by atoms with Gasteiger partial charge in [-0.05, 0) is 48.5 Å². The summed E-state index contributed by atoms with van der Waals surface area (Å²) in [5.41, 5.74) is 1.95. The third-order valence-corrected chi connectivity index (χ3v) is 5.10. The molecule has 3 heterocycles. The summed E-state index contributed by atoms with van der Waals surface area (Å²) in [6, 6.07) is 18.5. The van der Waals surface area contributed by atoms with E-state index in [1.807, 2.05) is 42.5 Å². The molecule has 0 N–H and O–H groups in total. The molecule has 5 rings (SSSR count). The van der Waals surface area contributed by atoms with Gasteiger partial charge in [0.25, 0.3) is 0 Å². The van der Waals surface area contributed by atoms with Gasteiger partial charge in [-0.1, -0.05) is 12.1 Å². The summed E-state index contributed by atoms with van der Waals surface area (Å²) in [6.45, 7) is 3.35. The fraction of sp³-hybridized carbons (Fsp3) is 0.182. The lowest BCUT2D eigenvalue weighted by Gasteiger charge is -2.37. The molecular weight excluding hydrogens is 355 g/mol. The number of furan rings is 1. The molecule has 0 saturated carbocycles. The summed E-state index contributed by atoms with van der Waals surface area (Å²) >= 11 is 0. The number of benzene rings is 2. The minimum atomic E-state index is -0.208. The Morgan fingerprint density at radius 2 is 1.54 bits per heavy atom. The van der Waals surface area contributed by atoms with Crippen LogP contribution in [0.3, 0.4) is 0 Å². The molecule has 0 atom stereocenters. The van der Waals surface area contributed by atoms with E-state index in [-0.39, 0.29) is 5.82 Å². The second-order valence-electron chi connectivity index (χ2n) is 6.82. The zero-order valence-electron chi connectivity index (χ0n) is 15.3. The highest BCUT2D eigenvalue weighted by Gasteiger charge is 2.22. The van der Waals surface area contributed by atoms with Crippen molar-refractivity contribution in [1.82, 2.24) is 9.97 Å². The predicted octanol–water partition coefficient (Wildman–Crippen LogP) is 4.36. The number of anilines is 2. The van der Waals surface area contributed by atoms with Gasteiger partial charge in [0.15, 0.2) is 11.6 Å². The number of aromatic nitrogens is 2. The van der Waals surface area contributed by atoms with Gasteiger partial charge in [0.2, 0.25) is 0 Å². The fourth-order valence-corrected chi connectivity index (χ4v) is 3.65. The molecule has 0 amide bonds. The van der Waals surface area contributed by atoms with Crippen LogP contribution in [0.4, 0.5) is 15.9 Å². The molecule has 4 aromatic rings. The molecule has 0 unspecified atom stereocenters. The topological polar surface area (TPSA) is 45.4 Å². The van der Waals surface area contributed by atoms with Crippen molar-refractivity contribution >= 4 is 22.4 Å². The molecule has 28 heavy (non-hydrogen) atoms. The second-order valence-corrected chi connectivity index (χ2v) is 6.82. The van der Waals surface area contributed by atoms with Crippen LogP contribution in [0.1, 0.15) is 0 Å². The van der Waals surface area contributed by atoms with Gasteiger partial charge in [-0.2, -0.15) is 0 Å². The molecule has 1 saturated heterocycles. The Bertz CT molecular complexity index is 1090. The van der Waals surface area contributed by atoms with E-state index in [1.165, 1.54) is 12.1 Å². The van der Waals surface area contributed by atoms with Crippen LogP contribution in [0.2, 0.25) is 0 Å². The Balaban J connectivity index is 1.45. The molecular formula is C22H19FN4O. The first-order valence-corrected chi connectivity index (χ1v) is 9.34. The second kappa shape index (κ2) is 6.96. The Hall–Kier alpha value is -3.41. The van der Waals surface area contributed by atoms with Gasteiger partial charge in [-0.15, -0.1) is 0 Å². The molecule has 1 fully saturated rings. The quantitative estimate of drug-likeness (QED) is 0.533. The van der Waals surface area contributed by atoms with Gasteiger partial charge in [0.1, 0.15) is 11.6 Å². The van der Waals surface area contributed by atoms with E-state index in [0.29, 0.717) is 11.6 Å². The monoisotopic (exact) mass is 374 g/mol. The maximum Gasteiger partial charge on any atom is 0.198 e. The zero-order valence-corrected chi connectivity index (χ0v) is 15.3. The molecule has 0 aliphatic carbocycles. The number of para-hydroxylation sites is 1. The maximum absolute atomic E-state index is 13.2. The molecule has 0 radical (unpaired) electrons. The van der Waals surface area contributed by atoms with Crippen molar-refractivity contribution in [1.29, 1.82) is 0 Å². The highest BCUT2D eigenvalue weighted by Crippen LogP contribution is 2.29. The van der Waals surface area contributed by atoms with E-state index in [2.05, 4.69) is 20.9 Å². The SMILES string of the molecule is Fc1ccc(N2CCN(c3nc(-c4ccco4)nc4ccccc34)CC2)cc1. The third-order valence-electron chi connectivity index (χ3n) is 5.10. The van der Waals surface area contributed by atoms with Gasteiger partial charge >= 0.3 is 0 Å². The standard InChI is InChI=1S/C22H19FN4O/c23-16-7-9-17(10-8-16)26-11-13-27(14-12-26)22-18-4-1-2-5-19(18)24-21(25-22)20-6-3-15-28-20/h1-10,15H,11-14H2. The van der Waals surface area contributed by atoms with Crippen LogP contribution in [-0.2, 0) is 0 Å². The average molecular weight is 374 g/mol. The summed E-state index contributed by atoms with van der Waals surface area (Å²) < 4.78 is 18.7. The molecule has 2 aromatic heterocycles.